The van der Waals surface area contributed by atoms with Gasteiger partial charge in [0.2, 0.25) is 5.91 Å². The zero-order chi connectivity index (χ0) is 17.4. The van der Waals surface area contributed by atoms with Gasteiger partial charge in [0.1, 0.15) is 12.1 Å². The number of nitrogens with two attached hydrogens (primary N) is 1. The quantitative estimate of drug-likeness (QED) is 0.384. The Hall–Kier alpha value is -1.27. The molecule has 2 rings (SSSR count). The predicted octanol–water partition coefficient (Wildman–Crippen LogP) is 0.927. The van der Waals surface area contributed by atoms with Crippen molar-refractivity contribution in [3.63, 3.8) is 0 Å². The minimum atomic E-state index is -0.375. The van der Waals surface area contributed by atoms with Crippen LogP contribution in [0.2, 0.25) is 0 Å². The Balaban J connectivity index is 1.46. The highest BCUT2D eigenvalue weighted by molar-refractivity contribution is 5.81. The lowest BCUT2D eigenvalue weighted by atomic mass is 9.91. The smallest absolute Gasteiger partial charge is 0.219 e. The number of ketones is 1. The maximum Gasteiger partial charge on any atom is 0.219 e. The molecule has 0 aromatic rings. The van der Waals surface area contributed by atoms with Gasteiger partial charge in [0.15, 0.2) is 0 Å². The number of carbonyl (C=O) groups is 3. The minimum Gasteiger partial charge on any atom is -0.356 e. The van der Waals surface area contributed by atoms with Gasteiger partial charge in [-0.25, -0.2) is 0 Å². The maximum absolute atomic E-state index is 11.8. The first-order valence-electron chi connectivity index (χ1n) is 9.32. The summed E-state index contributed by atoms with van der Waals surface area (Å²) in [5.74, 6) is 1.61. The molecular weight excluding hydrogens is 306 g/mol. The Kier molecular flexibility index (Phi) is 7.85. The molecule has 1 heterocycles. The fourth-order valence-electron chi connectivity index (χ4n) is 3.96. The van der Waals surface area contributed by atoms with Crippen LogP contribution in [0, 0.1) is 11.8 Å². The van der Waals surface area contributed by atoms with Gasteiger partial charge in [0.25, 0.3) is 0 Å². The summed E-state index contributed by atoms with van der Waals surface area (Å²) in [5, 5.41) is 6.46. The normalized spacial score (nSPS) is 27.0. The van der Waals surface area contributed by atoms with Gasteiger partial charge in [-0.2, -0.15) is 0 Å². The Morgan fingerprint density at radius 2 is 2.12 bits per heavy atom. The number of unbranched alkanes of at least 4 members (excludes halogenated alkanes) is 2. The van der Waals surface area contributed by atoms with Crippen LogP contribution < -0.4 is 16.4 Å². The van der Waals surface area contributed by atoms with Crippen LogP contribution >= 0.6 is 0 Å². The lowest BCUT2D eigenvalue weighted by Gasteiger charge is -2.17. The predicted molar refractivity (Wildman–Crippen MR) is 92.4 cm³/mol. The monoisotopic (exact) mass is 337 g/mol. The number of nitrogens with one attached hydrogen (secondary N) is 2. The first kappa shape index (κ1) is 19.1. The van der Waals surface area contributed by atoms with Crippen LogP contribution in [-0.2, 0) is 14.4 Å². The summed E-state index contributed by atoms with van der Waals surface area (Å²) in [6, 6.07) is 0.0891. The SMILES string of the molecule is N[C@@H](C=O)CCCCNC(=O)CCCCC1NCC2CC(=O)CC21. The van der Waals surface area contributed by atoms with E-state index >= 15 is 0 Å². The van der Waals surface area contributed by atoms with Gasteiger partial charge < -0.3 is 21.2 Å². The second-order valence-corrected chi connectivity index (χ2v) is 7.28. The van der Waals surface area contributed by atoms with Gasteiger partial charge in [-0.15, -0.1) is 0 Å². The van der Waals surface area contributed by atoms with Crippen LogP contribution in [0.3, 0.4) is 0 Å². The molecule has 4 N–H and O–H groups in total. The van der Waals surface area contributed by atoms with E-state index in [1.54, 1.807) is 0 Å². The van der Waals surface area contributed by atoms with E-state index in [0.29, 0.717) is 43.0 Å². The average molecular weight is 337 g/mol. The molecule has 1 saturated heterocycles. The third-order valence-electron chi connectivity index (χ3n) is 5.35. The van der Waals surface area contributed by atoms with Crippen molar-refractivity contribution in [1.82, 2.24) is 10.6 Å². The Bertz CT molecular complexity index is 441. The second kappa shape index (κ2) is 9.89. The minimum absolute atomic E-state index is 0.1000. The number of fused-ring (bicyclic) bond motifs is 1. The van der Waals surface area contributed by atoms with E-state index in [-0.39, 0.29) is 11.9 Å². The lowest BCUT2D eigenvalue weighted by Crippen LogP contribution is -2.28. The van der Waals surface area contributed by atoms with Gasteiger partial charge in [-0.1, -0.05) is 6.42 Å². The van der Waals surface area contributed by atoms with Gasteiger partial charge in [0.05, 0.1) is 6.04 Å². The highest BCUT2D eigenvalue weighted by Crippen LogP contribution is 2.37. The van der Waals surface area contributed by atoms with Crippen molar-refractivity contribution < 1.29 is 14.4 Å². The van der Waals surface area contributed by atoms with Gasteiger partial charge in [-0.05, 0) is 50.5 Å². The fraction of sp³-hybridized carbons (Fsp3) is 0.833. The molecule has 0 bridgehead atoms. The average Bonchev–Trinajstić information content (AvgIpc) is 3.10. The summed E-state index contributed by atoms with van der Waals surface area (Å²) in [6.45, 7) is 1.63. The summed E-state index contributed by atoms with van der Waals surface area (Å²) in [7, 11) is 0. The molecule has 4 atom stereocenters. The van der Waals surface area contributed by atoms with Crippen molar-refractivity contribution in [1.29, 1.82) is 0 Å². The van der Waals surface area contributed by atoms with Crippen molar-refractivity contribution in [2.45, 2.75) is 69.9 Å². The number of amides is 1. The van der Waals surface area contributed by atoms with E-state index in [1.807, 2.05) is 0 Å². The van der Waals surface area contributed by atoms with Crippen molar-refractivity contribution in [2.24, 2.45) is 17.6 Å². The van der Waals surface area contributed by atoms with E-state index < -0.39 is 0 Å². The lowest BCUT2D eigenvalue weighted by molar-refractivity contribution is -0.121. The number of carbonyl (C=O) groups excluding carboxylic acids is 3. The molecule has 0 aromatic carbocycles. The van der Waals surface area contributed by atoms with E-state index in [4.69, 9.17) is 5.73 Å². The fourth-order valence-corrected chi connectivity index (χ4v) is 3.96. The highest BCUT2D eigenvalue weighted by Gasteiger charge is 2.42. The van der Waals surface area contributed by atoms with E-state index in [2.05, 4.69) is 10.6 Å². The van der Waals surface area contributed by atoms with Gasteiger partial charge in [0, 0.05) is 31.8 Å². The number of rotatable bonds is 11. The summed E-state index contributed by atoms with van der Waals surface area (Å²) < 4.78 is 0. The van der Waals surface area contributed by atoms with E-state index in [0.717, 1.165) is 57.8 Å². The van der Waals surface area contributed by atoms with E-state index in [9.17, 15) is 14.4 Å². The molecular formula is C18H31N3O3. The summed E-state index contributed by atoms with van der Waals surface area (Å²) in [6.07, 6.45) is 8.21. The van der Waals surface area contributed by atoms with Crippen LogP contribution in [0.5, 0.6) is 0 Å². The van der Waals surface area contributed by atoms with Crippen molar-refractivity contribution in [3.8, 4) is 0 Å². The first-order chi connectivity index (χ1) is 11.6. The van der Waals surface area contributed by atoms with Crippen molar-refractivity contribution in [3.05, 3.63) is 0 Å². The van der Waals surface area contributed by atoms with E-state index in [1.165, 1.54) is 0 Å². The zero-order valence-electron chi connectivity index (χ0n) is 14.5. The van der Waals surface area contributed by atoms with Gasteiger partial charge >= 0.3 is 0 Å². The Morgan fingerprint density at radius 3 is 2.92 bits per heavy atom. The van der Waals surface area contributed by atoms with Crippen molar-refractivity contribution >= 4 is 18.0 Å². The third-order valence-corrected chi connectivity index (χ3v) is 5.35. The number of Topliss-reactive ketones (excluding diaryl/α,β-unsaturated/α-hetero) is 1. The topological polar surface area (TPSA) is 101 Å². The van der Waals surface area contributed by atoms with Crippen LogP contribution in [0.1, 0.15) is 57.8 Å². The van der Waals surface area contributed by atoms with Gasteiger partial charge in [-0.3, -0.25) is 9.59 Å². The molecule has 1 amide bonds. The first-order valence-corrected chi connectivity index (χ1v) is 9.32. The summed E-state index contributed by atoms with van der Waals surface area (Å²) in [5.41, 5.74) is 5.51. The molecule has 3 unspecified atom stereocenters. The molecule has 1 aliphatic heterocycles. The van der Waals surface area contributed by atoms with Crippen LogP contribution in [-0.4, -0.2) is 43.1 Å². The Labute approximate surface area is 144 Å². The molecule has 0 spiro atoms. The molecule has 6 nitrogen and oxygen atoms in total. The molecule has 136 valence electrons. The maximum atomic E-state index is 11.8. The largest absolute Gasteiger partial charge is 0.356 e. The zero-order valence-corrected chi connectivity index (χ0v) is 14.5. The standard InChI is InChI=1S/C18H31N3O3/c19-14(12-22)5-3-4-8-20-18(24)7-2-1-6-17-16-10-15(23)9-13(16)11-21-17/h12-14,16-17,21H,1-11,19H2,(H,20,24)/t13?,14-,16?,17?/m1/s1. The second-order valence-electron chi connectivity index (χ2n) is 7.28. The number of aldehydes is 1. The molecule has 2 fully saturated rings. The molecule has 0 radical (unpaired) electrons. The molecule has 1 aliphatic carbocycles. The summed E-state index contributed by atoms with van der Waals surface area (Å²) in [4.78, 5) is 33.7. The molecule has 1 saturated carbocycles. The molecule has 0 aromatic heterocycles. The number of hydrogen-bond donors (Lipinski definition) is 3. The molecule has 2 aliphatic rings. The summed E-state index contributed by atoms with van der Waals surface area (Å²) >= 11 is 0. The third kappa shape index (κ3) is 5.98. The highest BCUT2D eigenvalue weighted by atomic mass is 16.1. The molecule has 24 heavy (non-hydrogen) atoms. The van der Waals surface area contributed by atoms with Crippen LogP contribution in [0.25, 0.3) is 0 Å². The van der Waals surface area contributed by atoms with Crippen LogP contribution in [0.4, 0.5) is 0 Å². The number of hydrogen-bond acceptors (Lipinski definition) is 5. The van der Waals surface area contributed by atoms with Crippen molar-refractivity contribution in [2.75, 3.05) is 13.1 Å². The van der Waals surface area contributed by atoms with Crippen LogP contribution in [0.15, 0.2) is 0 Å². The molecule has 6 heteroatoms. The Morgan fingerprint density at radius 1 is 1.29 bits per heavy atom.